The average molecular weight is 225 g/mol. The van der Waals surface area contributed by atoms with Crippen molar-refractivity contribution < 1.29 is 4.74 Å². The van der Waals surface area contributed by atoms with Gasteiger partial charge in [-0.05, 0) is 37.5 Å². The summed E-state index contributed by atoms with van der Waals surface area (Å²) in [6.45, 7) is 3.31. The van der Waals surface area contributed by atoms with E-state index < -0.39 is 0 Å². The summed E-state index contributed by atoms with van der Waals surface area (Å²) in [7, 11) is 1.83. The van der Waals surface area contributed by atoms with Gasteiger partial charge in [0.05, 0.1) is 6.61 Å². The molecule has 0 aromatic rings. The quantitative estimate of drug-likeness (QED) is 0.726. The van der Waals surface area contributed by atoms with E-state index in [-0.39, 0.29) is 0 Å². The minimum absolute atomic E-state index is 0.621. The zero-order valence-corrected chi connectivity index (χ0v) is 10.9. The first-order valence-electron chi connectivity index (χ1n) is 7.06. The summed E-state index contributed by atoms with van der Waals surface area (Å²) in [4.78, 5) is 0. The Hall–Kier alpha value is -0.0800. The van der Waals surface area contributed by atoms with Crippen molar-refractivity contribution in [1.82, 2.24) is 5.32 Å². The first-order valence-corrected chi connectivity index (χ1v) is 7.06. The lowest BCUT2D eigenvalue weighted by Gasteiger charge is -2.28. The third-order valence-corrected chi connectivity index (χ3v) is 4.33. The van der Waals surface area contributed by atoms with Gasteiger partial charge in [-0.3, -0.25) is 0 Å². The molecular formula is C14H27NO. The summed E-state index contributed by atoms with van der Waals surface area (Å²) in [5, 5.41) is 3.88. The summed E-state index contributed by atoms with van der Waals surface area (Å²) in [5.41, 5.74) is 0. The Labute approximate surface area is 100 Å². The highest BCUT2D eigenvalue weighted by Gasteiger charge is 2.33. The lowest BCUT2D eigenvalue weighted by Crippen LogP contribution is -2.45. The number of hydrogen-bond acceptors (Lipinski definition) is 2. The molecule has 0 radical (unpaired) electrons. The second kappa shape index (κ2) is 6.02. The molecule has 0 spiro atoms. The van der Waals surface area contributed by atoms with Gasteiger partial charge in [-0.2, -0.15) is 0 Å². The Morgan fingerprint density at radius 2 is 1.88 bits per heavy atom. The molecule has 2 saturated carbocycles. The minimum atomic E-state index is 0.621. The van der Waals surface area contributed by atoms with Crippen molar-refractivity contribution in [2.45, 2.75) is 64.0 Å². The molecule has 3 unspecified atom stereocenters. The predicted molar refractivity (Wildman–Crippen MR) is 67.6 cm³/mol. The fraction of sp³-hybridized carbons (Fsp3) is 1.00. The summed E-state index contributed by atoms with van der Waals surface area (Å²) < 4.78 is 5.35. The second-order valence-corrected chi connectivity index (χ2v) is 5.79. The smallest absolute Gasteiger partial charge is 0.0618 e. The van der Waals surface area contributed by atoms with Crippen LogP contribution < -0.4 is 5.32 Å². The van der Waals surface area contributed by atoms with E-state index >= 15 is 0 Å². The van der Waals surface area contributed by atoms with Crippen LogP contribution in [0.4, 0.5) is 0 Å². The van der Waals surface area contributed by atoms with Crippen molar-refractivity contribution >= 4 is 0 Å². The molecule has 1 N–H and O–H groups in total. The first-order chi connectivity index (χ1) is 7.81. The van der Waals surface area contributed by atoms with Crippen molar-refractivity contribution in [1.29, 1.82) is 0 Å². The molecule has 0 aliphatic heterocycles. The molecule has 2 fully saturated rings. The minimum Gasteiger partial charge on any atom is -0.383 e. The second-order valence-electron chi connectivity index (χ2n) is 5.79. The maximum atomic E-state index is 5.35. The molecule has 94 valence electrons. The van der Waals surface area contributed by atoms with Gasteiger partial charge in [0.25, 0.3) is 0 Å². The normalized spacial score (nSPS) is 33.4. The topological polar surface area (TPSA) is 21.3 Å². The lowest BCUT2D eigenvalue weighted by molar-refractivity contribution is 0.143. The third kappa shape index (κ3) is 3.46. The molecule has 2 rings (SSSR count). The maximum Gasteiger partial charge on any atom is 0.0618 e. The summed E-state index contributed by atoms with van der Waals surface area (Å²) in [6, 6.07) is 1.36. The van der Waals surface area contributed by atoms with Crippen molar-refractivity contribution in [2.75, 3.05) is 13.7 Å². The van der Waals surface area contributed by atoms with Crippen LogP contribution >= 0.6 is 0 Å². The molecule has 3 atom stereocenters. The zero-order valence-electron chi connectivity index (χ0n) is 10.9. The van der Waals surface area contributed by atoms with Crippen LogP contribution in [0.25, 0.3) is 0 Å². The SMILES string of the molecule is COCC(NC1CCCCCC1C)C1CC1. The Kier molecular flexibility index (Phi) is 4.66. The zero-order chi connectivity index (χ0) is 11.4. The Balaban J connectivity index is 1.84. The van der Waals surface area contributed by atoms with Gasteiger partial charge in [0.15, 0.2) is 0 Å². The summed E-state index contributed by atoms with van der Waals surface area (Å²) >= 11 is 0. The molecule has 0 amide bonds. The fourth-order valence-corrected chi connectivity index (χ4v) is 3.01. The van der Waals surface area contributed by atoms with Crippen LogP contribution in [0.1, 0.15) is 51.9 Å². The number of nitrogens with one attached hydrogen (secondary N) is 1. The van der Waals surface area contributed by atoms with E-state index in [1.807, 2.05) is 7.11 Å². The van der Waals surface area contributed by atoms with Gasteiger partial charge in [0, 0.05) is 19.2 Å². The monoisotopic (exact) mass is 225 g/mol. The standard InChI is InChI=1S/C14H27NO/c1-11-6-4-3-5-7-13(11)15-14(10-16-2)12-8-9-12/h11-15H,3-10H2,1-2H3. The summed E-state index contributed by atoms with van der Waals surface area (Å²) in [5.74, 6) is 1.75. The number of methoxy groups -OCH3 is 1. The average Bonchev–Trinajstić information content (AvgIpc) is 3.07. The van der Waals surface area contributed by atoms with E-state index in [4.69, 9.17) is 4.74 Å². The van der Waals surface area contributed by atoms with Crippen LogP contribution in [0, 0.1) is 11.8 Å². The molecular weight excluding hydrogens is 198 g/mol. The van der Waals surface area contributed by atoms with Gasteiger partial charge in [-0.25, -0.2) is 0 Å². The van der Waals surface area contributed by atoms with E-state index in [0.717, 1.165) is 24.5 Å². The van der Waals surface area contributed by atoms with Crippen LogP contribution in [0.5, 0.6) is 0 Å². The summed E-state index contributed by atoms with van der Waals surface area (Å²) in [6.07, 6.45) is 9.85. The van der Waals surface area contributed by atoms with E-state index in [2.05, 4.69) is 12.2 Å². The van der Waals surface area contributed by atoms with Crippen molar-refractivity contribution in [3.05, 3.63) is 0 Å². The van der Waals surface area contributed by atoms with E-state index in [9.17, 15) is 0 Å². The maximum absolute atomic E-state index is 5.35. The molecule has 16 heavy (non-hydrogen) atoms. The van der Waals surface area contributed by atoms with E-state index in [1.54, 1.807) is 0 Å². The van der Waals surface area contributed by atoms with E-state index in [0.29, 0.717) is 6.04 Å². The van der Waals surface area contributed by atoms with Gasteiger partial charge in [-0.15, -0.1) is 0 Å². The molecule has 0 saturated heterocycles. The Morgan fingerprint density at radius 3 is 2.56 bits per heavy atom. The predicted octanol–water partition coefficient (Wildman–Crippen LogP) is 2.97. The van der Waals surface area contributed by atoms with Crippen LogP contribution in [0.2, 0.25) is 0 Å². The van der Waals surface area contributed by atoms with Crippen LogP contribution in [0.15, 0.2) is 0 Å². The van der Waals surface area contributed by atoms with Gasteiger partial charge in [-0.1, -0.05) is 26.2 Å². The Morgan fingerprint density at radius 1 is 1.12 bits per heavy atom. The molecule has 2 aliphatic carbocycles. The Bertz CT molecular complexity index is 203. The highest BCUT2D eigenvalue weighted by atomic mass is 16.5. The molecule has 0 heterocycles. The van der Waals surface area contributed by atoms with Crippen LogP contribution in [0.3, 0.4) is 0 Å². The molecule has 0 bridgehead atoms. The fourth-order valence-electron chi connectivity index (χ4n) is 3.01. The van der Waals surface area contributed by atoms with E-state index in [1.165, 1.54) is 44.9 Å². The highest BCUT2D eigenvalue weighted by molar-refractivity contribution is 4.90. The molecule has 2 nitrogen and oxygen atoms in total. The first kappa shape index (κ1) is 12.4. The van der Waals surface area contributed by atoms with Crippen LogP contribution in [-0.2, 0) is 4.74 Å². The molecule has 2 aliphatic rings. The van der Waals surface area contributed by atoms with Gasteiger partial charge in [0.1, 0.15) is 0 Å². The largest absolute Gasteiger partial charge is 0.383 e. The highest BCUT2D eigenvalue weighted by Crippen LogP contribution is 2.34. The molecule has 0 aromatic carbocycles. The molecule has 2 heteroatoms. The van der Waals surface area contributed by atoms with Crippen molar-refractivity contribution in [2.24, 2.45) is 11.8 Å². The molecule has 0 aromatic heterocycles. The van der Waals surface area contributed by atoms with Crippen molar-refractivity contribution in [3.8, 4) is 0 Å². The number of hydrogen-bond donors (Lipinski definition) is 1. The number of rotatable bonds is 5. The van der Waals surface area contributed by atoms with Crippen molar-refractivity contribution in [3.63, 3.8) is 0 Å². The van der Waals surface area contributed by atoms with Gasteiger partial charge >= 0.3 is 0 Å². The van der Waals surface area contributed by atoms with Crippen LogP contribution in [-0.4, -0.2) is 25.8 Å². The van der Waals surface area contributed by atoms with Gasteiger partial charge in [0.2, 0.25) is 0 Å². The van der Waals surface area contributed by atoms with Gasteiger partial charge < -0.3 is 10.1 Å². The third-order valence-electron chi connectivity index (χ3n) is 4.33. The lowest BCUT2D eigenvalue weighted by atomic mass is 9.95. The number of ether oxygens (including phenoxy) is 1.